The van der Waals surface area contributed by atoms with Crippen LogP contribution < -0.4 is 9.64 Å². The van der Waals surface area contributed by atoms with Gasteiger partial charge in [0.25, 0.3) is 0 Å². The van der Waals surface area contributed by atoms with Gasteiger partial charge in [-0.2, -0.15) is 5.10 Å². The molecule has 2 N–H and O–H groups in total. The number of anilines is 1. The molecule has 11 heteroatoms. The van der Waals surface area contributed by atoms with E-state index in [0.29, 0.717) is 61.0 Å². The molecular formula is C35H44ClN5O5. The number of carboxylic acid groups (broad SMARTS) is 1. The van der Waals surface area contributed by atoms with Gasteiger partial charge in [0.1, 0.15) is 5.02 Å². The first-order valence-electron chi connectivity index (χ1n) is 16.6. The van der Waals surface area contributed by atoms with E-state index in [1.54, 1.807) is 7.11 Å². The highest BCUT2D eigenvalue weighted by molar-refractivity contribution is 6.31. The van der Waals surface area contributed by atoms with Crippen molar-refractivity contribution in [2.24, 2.45) is 11.8 Å². The Labute approximate surface area is 275 Å². The van der Waals surface area contributed by atoms with E-state index in [2.05, 4.69) is 28.4 Å². The van der Waals surface area contributed by atoms with Gasteiger partial charge in [0.2, 0.25) is 11.8 Å². The van der Waals surface area contributed by atoms with Gasteiger partial charge < -0.3 is 24.7 Å². The van der Waals surface area contributed by atoms with Gasteiger partial charge in [-0.25, -0.2) is 9.78 Å². The third kappa shape index (κ3) is 7.33. The number of hydrogen-bond donors (Lipinski definition) is 2. The van der Waals surface area contributed by atoms with Crippen LogP contribution in [-0.2, 0) is 4.79 Å². The van der Waals surface area contributed by atoms with Crippen LogP contribution in [-0.4, -0.2) is 74.7 Å². The lowest BCUT2D eigenvalue weighted by molar-refractivity contribution is -0.123. The number of hydrogen-bond acceptors (Lipinski definition) is 6. The van der Waals surface area contributed by atoms with E-state index in [9.17, 15) is 19.8 Å². The molecule has 2 heterocycles. The minimum atomic E-state index is -1.02. The average Bonchev–Trinajstić information content (AvgIpc) is 3.81. The van der Waals surface area contributed by atoms with Crippen LogP contribution in [0.2, 0.25) is 5.02 Å². The number of pyridine rings is 1. The third-order valence-electron chi connectivity index (χ3n) is 10.1. The fourth-order valence-corrected chi connectivity index (χ4v) is 7.60. The molecule has 0 radical (unpaired) electrons. The molecule has 2 aromatic heterocycles. The van der Waals surface area contributed by atoms with Crippen molar-refractivity contribution in [1.82, 2.24) is 19.7 Å². The molecule has 10 nitrogen and oxygen atoms in total. The SMILES string of the molecule is COc1ncc([C@H]2CC[C@H](CN(c3cccc(-c4cnn(C5CC5)c4)c3)C(=O)[C@H]3CC[C@H](N(CCO)C(=O)O)CC3)CC2)cc1Cl. The lowest BCUT2D eigenvalue weighted by Crippen LogP contribution is -2.46. The minimum Gasteiger partial charge on any atom is -0.480 e. The monoisotopic (exact) mass is 649 g/mol. The summed E-state index contributed by atoms with van der Waals surface area (Å²) in [5, 5.41) is 24.1. The number of methoxy groups -OCH3 is 1. The smallest absolute Gasteiger partial charge is 0.407 e. The first-order valence-corrected chi connectivity index (χ1v) is 17.0. The van der Waals surface area contributed by atoms with Crippen LogP contribution in [0.15, 0.2) is 48.9 Å². The summed E-state index contributed by atoms with van der Waals surface area (Å²) in [5.41, 5.74) is 4.11. The molecule has 3 fully saturated rings. The number of amides is 2. The van der Waals surface area contributed by atoms with Crippen LogP contribution in [0.1, 0.15) is 81.7 Å². The van der Waals surface area contributed by atoms with Crippen LogP contribution in [0.5, 0.6) is 5.88 Å². The molecule has 0 atom stereocenters. The summed E-state index contributed by atoms with van der Waals surface area (Å²) in [5.74, 6) is 1.10. The third-order valence-corrected chi connectivity index (χ3v) is 10.4. The molecule has 0 spiro atoms. The van der Waals surface area contributed by atoms with Crippen molar-refractivity contribution in [3.8, 4) is 17.0 Å². The maximum atomic E-state index is 14.3. The Morgan fingerprint density at radius 2 is 1.76 bits per heavy atom. The predicted octanol–water partition coefficient (Wildman–Crippen LogP) is 6.78. The molecule has 3 aromatic rings. The van der Waals surface area contributed by atoms with Crippen LogP contribution >= 0.6 is 11.6 Å². The number of benzene rings is 1. The molecule has 3 saturated carbocycles. The summed E-state index contributed by atoms with van der Waals surface area (Å²) in [6.45, 7) is 0.527. The zero-order valence-electron chi connectivity index (χ0n) is 26.4. The van der Waals surface area contributed by atoms with Crippen LogP contribution in [0.4, 0.5) is 10.5 Å². The van der Waals surface area contributed by atoms with E-state index in [-0.39, 0.29) is 31.0 Å². The molecule has 2 amide bonds. The Kier molecular flexibility index (Phi) is 10.1. The van der Waals surface area contributed by atoms with Gasteiger partial charge in [-0.05, 0) is 105 Å². The number of halogens is 1. The highest BCUT2D eigenvalue weighted by Gasteiger charge is 2.35. The van der Waals surface area contributed by atoms with Gasteiger partial charge >= 0.3 is 6.09 Å². The standard InChI is InChI=1S/C35H44ClN5O5/c1-46-33-32(36)18-27(19-37-33)24-7-5-23(6-8-24)21-40(34(43)25-9-11-29(12-10-25)39(15-16-42)35(44)45)31-4-2-3-26(17-31)28-20-38-41(22-28)30-13-14-30/h2-4,17-20,22-25,29-30,42H,5-16,21H2,1H3,(H,44,45)/t23-,24-,25-,29-. The Morgan fingerprint density at radius 3 is 2.41 bits per heavy atom. The molecule has 0 aliphatic heterocycles. The summed E-state index contributed by atoms with van der Waals surface area (Å²) in [6, 6.07) is 10.5. The number of carbonyl (C=O) groups excluding carboxylic acids is 1. The summed E-state index contributed by atoms with van der Waals surface area (Å²) >= 11 is 6.38. The van der Waals surface area contributed by atoms with Crippen LogP contribution in [0, 0.1) is 11.8 Å². The molecule has 0 bridgehead atoms. The van der Waals surface area contributed by atoms with E-state index in [1.165, 1.54) is 17.7 Å². The van der Waals surface area contributed by atoms with E-state index in [0.717, 1.165) is 48.1 Å². The second-order valence-corrected chi connectivity index (χ2v) is 13.5. The Hall–Kier alpha value is -3.63. The predicted molar refractivity (Wildman–Crippen MR) is 176 cm³/mol. The van der Waals surface area contributed by atoms with Crippen LogP contribution in [0.3, 0.4) is 0 Å². The van der Waals surface area contributed by atoms with E-state index < -0.39 is 6.09 Å². The number of ether oxygens (including phenoxy) is 1. The first kappa shape index (κ1) is 32.3. The summed E-state index contributed by atoms with van der Waals surface area (Å²) in [4.78, 5) is 33.8. The van der Waals surface area contributed by atoms with Gasteiger partial charge in [-0.15, -0.1) is 0 Å². The molecule has 6 rings (SSSR count). The van der Waals surface area contributed by atoms with Crippen molar-refractivity contribution in [3.05, 3.63) is 59.5 Å². The van der Waals surface area contributed by atoms with E-state index >= 15 is 0 Å². The van der Waals surface area contributed by atoms with E-state index in [4.69, 9.17) is 16.3 Å². The second-order valence-electron chi connectivity index (χ2n) is 13.1. The van der Waals surface area contributed by atoms with Gasteiger partial charge in [0.15, 0.2) is 0 Å². The summed E-state index contributed by atoms with van der Waals surface area (Å²) in [6.07, 6.45) is 13.7. The number of nitrogens with zero attached hydrogens (tertiary/aromatic N) is 5. The van der Waals surface area contributed by atoms with E-state index in [1.807, 2.05) is 40.2 Å². The van der Waals surface area contributed by atoms with Gasteiger partial charge in [-0.1, -0.05) is 23.7 Å². The van der Waals surface area contributed by atoms with Crippen molar-refractivity contribution in [3.63, 3.8) is 0 Å². The highest BCUT2D eigenvalue weighted by atomic mass is 35.5. The van der Waals surface area contributed by atoms with Gasteiger partial charge in [0, 0.05) is 48.7 Å². The average molecular weight is 650 g/mol. The van der Waals surface area contributed by atoms with Crippen LogP contribution in [0.25, 0.3) is 11.1 Å². The van der Waals surface area contributed by atoms with Gasteiger partial charge in [0.05, 0.1) is 26.0 Å². The number of carbonyl (C=O) groups is 2. The highest BCUT2D eigenvalue weighted by Crippen LogP contribution is 2.40. The largest absolute Gasteiger partial charge is 0.480 e. The maximum absolute atomic E-state index is 14.3. The zero-order chi connectivity index (χ0) is 32.2. The first-order chi connectivity index (χ1) is 22.3. The molecular weight excluding hydrogens is 606 g/mol. The molecule has 3 aliphatic carbocycles. The summed E-state index contributed by atoms with van der Waals surface area (Å²) < 4.78 is 7.27. The number of rotatable bonds is 11. The number of aliphatic hydroxyl groups excluding tert-OH is 1. The number of aliphatic hydroxyl groups is 1. The molecule has 1 aromatic carbocycles. The molecule has 0 unspecified atom stereocenters. The van der Waals surface area contributed by atoms with Crippen molar-refractivity contribution < 1.29 is 24.5 Å². The van der Waals surface area contributed by atoms with Crippen molar-refractivity contribution in [2.75, 3.05) is 31.7 Å². The molecule has 246 valence electrons. The molecule has 3 aliphatic rings. The lowest BCUT2D eigenvalue weighted by atomic mass is 9.78. The normalized spacial score (nSPS) is 23.1. The fourth-order valence-electron chi connectivity index (χ4n) is 7.35. The minimum absolute atomic E-state index is 0.0936. The summed E-state index contributed by atoms with van der Waals surface area (Å²) in [7, 11) is 1.57. The molecule has 0 saturated heterocycles. The Bertz CT molecular complexity index is 1510. The second kappa shape index (κ2) is 14.4. The quantitative estimate of drug-likeness (QED) is 0.235. The van der Waals surface area contributed by atoms with Crippen molar-refractivity contribution in [2.45, 2.75) is 82.2 Å². The molecule has 46 heavy (non-hydrogen) atoms. The van der Waals surface area contributed by atoms with Gasteiger partial charge in [-0.3, -0.25) is 9.48 Å². The zero-order valence-corrected chi connectivity index (χ0v) is 27.2. The fraction of sp³-hybridized carbons (Fsp3) is 0.543. The topological polar surface area (TPSA) is 121 Å². The Balaban J connectivity index is 1.18. The van der Waals surface area contributed by atoms with Crippen molar-refractivity contribution >= 4 is 29.3 Å². The number of aromatic nitrogens is 3. The maximum Gasteiger partial charge on any atom is 0.407 e. The Morgan fingerprint density at radius 1 is 1.00 bits per heavy atom. The van der Waals surface area contributed by atoms with Crippen molar-refractivity contribution in [1.29, 1.82) is 0 Å². The lowest BCUT2D eigenvalue weighted by Gasteiger charge is -2.38.